The minimum atomic E-state index is -4.54. The number of ether oxygens (including phenoxy) is 1. The summed E-state index contributed by atoms with van der Waals surface area (Å²) in [5, 5.41) is 11.3. The van der Waals surface area contributed by atoms with Gasteiger partial charge in [-0.1, -0.05) is 41.1 Å². The van der Waals surface area contributed by atoms with E-state index in [1.807, 2.05) is 49.6 Å². The molecule has 0 bridgehead atoms. The number of carbonyl (C=O) groups is 1. The first-order chi connectivity index (χ1) is 15.6. The van der Waals surface area contributed by atoms with Crippen LogP contribution in [0.2, 0.25) is 5.02 Å². The molecule has 0 radical (unpaired) electrons. The van der Waals surface area contributed by atoms with Crippen molar-refractivity contribution in [2.75, 3.05) is 11.1 Å². The molecular formula is C22H22ClF3N4O2S. The van der Waals surface area contributed by atoms with Gasteiger partial charge < -0.3 is 14.6 Å². The lowest BCUT2D eigenvalue weighted by Gasteiger charge is -2.15. The number of amides is 1. The van der Waals surface area contributed by atoms with Gasteiger partial charge in [0.25, 0.3) is 0 Å². The maximum Gasteiger partial charge on any atom is 0.416 e. The number of nitrogens with one attached hydrogen (secondary N) is 1. The van der Waals surface area contributed by atoms with Gasteiger partial charge in [0.15, 0.2) is 17.1 Å². The number of aryl methyl sites for hydroxylation is 1. The molecule has 176 valence electrons. The smallest absolute Gasteiger partial charge is 0.416 e. The summed E-state index contributed by atoms with van der Waals surface area (Å²) in [6.45, 7) is 6.31. The quantitative estimate of drug-likeness (QED) is 0.377. The summed E-state index contributed by atoms with van der Waals surface area (Å²) in [5.74, 6) is 0.697. The van der Waals surface area contributed by atoms with Crippen LogP contribution in [0.15, 0.2) is 47.6 Å². The maximum absolute atomic E-state index is 12.9. The van der Waals surface area contributed by atoms with Crippen LogP contribution in [-0.2, 0) is 17.5 Å². The van der Waals surface area contributed by atoms with Crippen molar-refractivity contribution in [1.29, 1.82) is 0 Å². The number of nitrogens with zero attached hydrogens (tertiary/aromatic N) is 3. The molecule has 1 amide bonds. The van der Waals surface area contributed by atoms with E-state index in [9.17, 15) is 18.0 Å². The normalized spacial score (nSPS) is 12.5. The molecule has 0 fully saturated rings. The summed E-state index contributed by atoms with van der Waals surface area (Å²) < 4.78 is 46.6. The fourth-order valence-electron chi connectivity index (χ4n) is 2.99. The monoisotopic (exact) mass is 498 g/mol. The Bertz CT molecular complexity index is 1120. The summed E-state index contributed by atoms with van der Waals surface area (Å²) in [4.78, 5) is 12.4. The lowest BCUT2D eigenvalue weighted by molar-refractivity contribution is -0.137. The highest BCUT2D eigenvalue weighted by atomic mass is 35.5. The summed E-state index contributed by atoms with van der Waals surface area (Å²) in [5.41, 5.74) is 0.123. The third kappa shape index (κ3) is 6.42. The van der Waals surface area contributed by atoms with E-state index in [1.54, 1.807) is 0 Å². The Morgan fingerprint density at radius 1 is 1.21 bits per heavy atom. The van der Waals surface area contributed by atoms with Crippen molar-refractivity contribution in [3.63, 3.8) is 0 Å². The number of thioether (sulfide) groups is 1. The fraction of sp³-hybridized carbons (Fsp3) is 0.318. The van der Waals surface area contributed by atoms with E-state index in [-0.39, 0.29) is 22.6 Å². The predicted molar refractivity (Wildman–Crippen MR) is 122 cm³/mol. The van der Waals surface area contributed by atoms with E-state index < -0.39 is 17.6 Å². The standard InChI is InChI=1S/C22H22ClF3N4O2S/c1-4-30-20(14(3)32-16-8-5-13(2)6-9-16)28-29-21(30)33-12-19(31)27-18-11-15(22(24,25)26)7-10-17(18)23/h5-11,14H,4,12H2,1-3H3,(H,27,31). The predicted octanol–water partition coefficient (Wildman–Crippen LogP) is 6.15. The molecular weight excluding hydrogens is 477 g/mol. The first-order valence-electron chi connectivity index (χ1n) is 10.0. The largest absolute Gasteiger partial charge is 0.483 e. The van der Waals surface area contributed by atoms with Gasteiger partial charge in [0, 0.05) is 6.54 Å². The molecule has 0 aliphatic rings. The molecule has 1 N–H and O–H groups in total. The highest BCUT2D eigenvalue weighted by molar-refractivity contribution is 7.99. The minimum Gasteiger partial charge on any atom is -0.483 e. The van der Waals surface area contributed by atoms with Gasteiger partial charge in [-0.05, 0) is 51.1 Å². The first kappa shape index (κ1) is 24.9. The Balaban J connectivity index is 1.65. The zero-order chi connectivity index (χ0) is 24.2. The van der Waals surface area contributed by atoms with Crippen molar-refractivity contribution in [1.82, 2.24) is 14.8 Å². The summed E-state index contributed by atoms with van der Waals surface area (Å²) in [6.07, 6.45) is -4.92. The second-order valence-corrected chi connectivity index (χ2v) is 8.54. The van der Waals surface area contributed by atoms with Gasteiger partial charge in [-0.25, -0.2) is 0 Å². The van der Waals surface area contributed by atoms with E-state index >= 15 is 0 Å². The van der Waals surface area contributed by atoms with Crippen LogP contribution in [0.1, 0.15) is 36.9 Å². The zero-order valence-electron chi connectivity index (χ0n) is 18.1. The molecule has 1 atom stereocenters. The van der Waals surface area contributed by atoms with E-state index in [0.29, 0.717) is 23.3 Å². The number of aromatic nitrogens is 3. The molecule has 0 aliphatic carbocycles. The SMILES string of the molecule is CCn1c(SCC(=O)Nc2cc(C(F)(F)F)ccc2Cl)nnc1C(C)Oc1ccc(C)cc1. The molecule has 1 unspecified atom stereocenters. The summed E-state index contributed by atoms with van der Waals surface area (Å²) in [7, 11) is 0. The van der Waals surface area contributed by atoms with Crippen molar-refractivity contribution in [2.45, 2.75) is 44.8 Å². The van der Waals surface area contributed by atoms with Gasteiger partial charge in [0.05, 0.1) is 22.0 Å². The van der Waals surface area contributed by atoms with Crippen LogP contribution < -0.4 is 10.1 Å². The van der Waals surface area contributed by atoms with E-state index in [0.717, 1.165) is 35.5 Å². The van der Waals surface area contributed by atoms with Gasteiger partial charge in [-0.2, -0.15) is 13.2 Å². The van der Waals surface area contributed by atoms with Crippen LogP contribution in [0.25, 0.3) is 0 Å². The Morgan fingerprint density at radius 3 is 2.55 bits per heavy atom. The van der Waals surface area contributed by atoms with Gasteiger partial charge in [0.1, 0.15) is 5.75 Å². The zero-order valence-corrected chi connectivity index (χ0v) is 19.7. The topological polar surface area (TPSA) is 69.0 Å². The van der Waals surface area contributed by atoms with Crippen LogP contribution in [-0.4, -0.2) is 26.4 Å². The Labute approximate surface area is 198 Å². The lowest BCUT2D eigenvalue weighted by Crippen LogP contribution is -2.16. The van der Waals surface area contributed by atoms with E-state index in [1.165, 1.54) is 0 Å². The Kier molecular flexibility index (Phi) is 7.91. The van der Waals surface area contributed by atoms with Crippen LogP contribution in [0.5, 0.6) is 5.75 Å². The molecule has 11 heteroatoms. The highest BCUT2D eigenvalue weighted by Crippen LogP contribution is 2.34. The molecule has 1 heterocycles. The average Bonchev–Trinajstić information content (AvgIpc) is 3.17. The third-order valence-corrected chi connectivity index (χ3v) is 5.96. The molecule has 3 rings (SSSR count). The molecule has 0 aliphatic heterocycles. The molecule has 3 aromatic rings. The van der Waals surface area contributed by atoms with Crippen molar-refractivity contribution in [3.8, 4) is 5.75 Å². The van der Waals surface area contributed by atoms with Crippen LogP contribution in [0.3, 0.4) is 0 Å². The van der Waals surface area contributed by atoms with Crippen LogP contribution >= 0.6 is 23.4 Å². The molecule has 33 heavy (non-hydrogen) atoms. The number of benzene rings is 2. The second kappa shape index (κ2) is 10.5. The first-order valence-corrected chi connectivity index (χ1v) is 11.4. The summed E-state index contributed by atoms with van der Waals surface area (Å²) in [6, 6.07) is 10.4. The van der Waals surface area contributed by atoms with Gasteiger partial charge in [0.2, 0.25) is 5.91 Å². The number of hydrogen-bond acceptors (Lipinski definition) is 5. The maximum atomic E-state index is 12.9. The molecule has 0 saturated heterocycles. The number of hydrogen-bond donors (Lipinski definition) is 1. The molecule has 1 aromatic heterocycles. The number of alkyl halides is 3. The molecule has 2 aromatic carbocycles. The number of rotatable bonds is 8. The Hall–Kier alpha value is -2.72. The van der Waals surface area contributed by atoms with E-state index in [2.05, 4.69) is 15.5 Å². The van der Waals surface area contributed by atoms with E-state index in [4.69, 9.17) is 16.3 Å². The van der Waals surface area contributed by atoms with Gasteiger partial charge in [-0.3, -0.25) is 4.79 Å². The third-order valence-electron chi connectivity index (χ3n) is 4.66. The second-order valence-electron chi connectivity index (χ2n) is 7.19. The lowest BCUT2D eigenvalue weighted by atomic mass is 10.2. The highest BCUT2D eigenvalue weighted by Gasteiger charge is 2.31. The average molecular weight is 499 g/mol. The number of carbonyl (C=O) groups excluding carboxylic acids is 1. The van der Waals surface area contributed by atoms with Crippen molar-refractivity contribution < 1.29 is 22.7 Å². The number of halogens is 4. The van der Waals surface area contributed by atoms with Crippen molar-refractivity contribution in [2.24, 2.45) is 0 Å². The molecule has 0 saturated carbocycles. The Morgan fingerprint density at radius 2 is 1.91 bits per heavy atom. The number of anilines is 1. The van der Waals surface area contributed by atoms with Crippen LogP contribution in [0.4, 0.5) is 18.9 Å². The molecule has 0 spiro atoms. The van der Waals surface area contributed by atoms with Gasteiger partial charge >= 0.3 is 6.18 Å². The van der Waals surface area contributed by atoms with Gasteiger partial charge in [-0.15, -0.1) is 10.2 Å². The fourth-order valence-corrected chi connectivity index (χ4v) is 3.97. The van der Waals surface area contributed by atoms with Crippen molar-refractivity contribution >= 4 is 35.0 Å². The van der Waals surface area contributed by atoms with Crippen LogP contribution in [0, 0.1) is 6.92 Å². The summed E-state index contributed by atoms with van der Waals surface area (Å²) >= 11 is 7.06. The van der Waals surface area contributed by atoms with Crippen molar-refractivity contribution in [3.05, 3.63) is 64.4 Å². The molecule has 6 nitrogen and oxygen atoms in total. The minimum absolute atomic E-state index is 0.0161.